The van der Waals surface area contributed by atoms with Crippen molar-refractivity contribution in [3.63, 3.8) is 0 Å². The lowest BCUT2D eigenvalue weighted by molar-refractivity contribution is 0.121. The minimum absolute atomic E-state index is 0.342. The predicted octanol–water partition coefficient (Wildman–Crippen LogP) is 4.56. The second-order valence-electron chi connectivity index (χ2n) is 7.63. The number of fused-ring (bicyclic) bond motifs is 4. The standard InChI is InChI=1S/C21H31N/c1-6-14(3)13-21-10-11-22-19(16(21)5)12-17-9-8-15(4)18(7-2)20(17)21/h6,8-9,14,16,19,22H,1,7,10-13H2,2-5H3. The molecule has 1 fully saturated rings. The maximum atomic E-state index is 4.05. The molecule has 1 aliphatic carbocycles. The van der Waals surface area contributed by atoms with Crippen molar-refractivity contribution in [2.24, 2.45) is 11.8 Å². The van der Waals surface area contributed by atoms with E-state index in [0.29, 0.717) is 23.3 Å². The third-order valence-corrected chi connectivity index (χ3v) is 6.47. The molecule has 2 bridgehead atoms. The summed E-state index contributed by atoms with van der Waals surface area (Å²) in [6, 6.07) is 5.39. The van der Waals surface area contributed by atoms with Crippen LogP contribution in [-0.2, 0) is 18.3 Å². The smallest absolute Gasteiger partial charge is 0.0142 e. The minimum atomic E-state index is 0.342. The van der Waals surface area contributed by atoms with Gasteiger partial charge in [0.2, 0.25) is 0 Å². The van der Waals surface area contributed by atoms with Crippen molar-refractivity contribution < 1.29 is 0 Å². The average molecular weight is 297 g/mol. The highest BCUT2D eigenvalue weighted by Crippen LogP contribution is 2.51. The van der Waals surface area contributed by atoms with Gasteiger partial charge in [0.05, 0.1) is 0 Å². The molecule has 22 heavy (non-hydrogen) atoms. The third kappa shape index (κ3) is 2.25. The van der Waals surface area contributed by atoms with Gasteiger partial charge in [0.1, 0.15) is 0 Å². The van der Waals surface area contributed by atoms with Crippen LogP contribution in [0.4, 0.5) is 0 Å². The molecule has 4 unspecified atom stereocenters. The van der Waals surface area contributed by atoms with E-state index < -0.39 is 0 Å². The van der Waals surface area contributed by atoms with E-state index in [-0.39, 0.29) is 0 Å². The van der Waals surface area contributed by atoms with Gasteiger partial charge in [-0.3, -0.25) is 0 Å². The van der Waals surface area contributed by atoms with Crippen LogP contribution in [0.3, 0.4) is 0 Å². The van der Waals surface area contributed by atoms with Gasteiger partial charge in [0.15, 0.2) is 0 Å². The third-order valence-electron chi connectivity index (χ3n) is 6.47. The van der Waals surface area contributed by atoms with Crippen LogP contribution >= 0.6 is 0 Å². The Morgan fingerprint density at radius 3 is 2.91 bits per heavy atom. The van der Waals surface area contributed by atoms with Crippen LogP contribution in [-0.4, -0.2) is 12.6 Å². The zero-order valence-corrected chi connectivity index (χ0v) is 14.7. The largest absolute Gasteiger partial charge is 0.313 e. The summed E-state index contributed by atoms with van der Waals surface area (Å²) in [5, 5.41) is 3.78. The summed E-state index contributed by atoms with van der Waals surface area (Å²) in [7, 11) is 0. The number of hydrogen-bond acceptors (Lipinski definition) is 1. The molecule has 0 amide bonds. The lowest BCUT2D eigenvalue weighted by Crippen LogP contribution is -2.58. The molecule has 4 atom stereocenters. The van der Waals surface area contributed by atoms with Gasteiger partial charge in [-0.25, -0.2) is 0 Å². The fourth-order valence-electron chi connectivity index (χ4n) is 5.20. The van der Waals surface area contributed by atoms with Gasteiger partial charge in [0.25, 0.3) is 0 Å². The molecular formula is C21H31N. The number of allylic oxidation sites excluding steroid dienone is 1. The van der Waals surface area contributed by atoms with Crippen molar-refractivity contribution in [2.45, 2.75) is 64.8 Å². The van der Waals surface area contributed by atoms with Crippen LogP contribution < -0.4 is 5.32 Å². The van der Waals surface area contributed by atoms with E-state index in [1.807, 2.05) is 0 Å². The Bertz CT molecular complexity index is 574. The van der Waals surface area contributed by atoms with E-state index in [1.54, 1.807) is 16.7 Å². The highest BCUT2D eigenvalue weighted by Gasteiger charge is 2.49. The SMILES string of the molecule is C=CC(C)CC12CCNC(Cc3ccc(C)c(CC)c31)C2C. The van der Waals surface area contributed by atoms with Crippen LogP contribution in [0.25, 0.3) is 0 Å². The molecule has 1 heterocycles. The van der Waals surface area contributed by atoms with Crippen LogP contribution in [0.2, 0.25) is 0 Å². The summed E-state index contributed by atoms with van der Waals surface area (Å²) in [4.78, 5) is 0. The van der Waals surface area contributed by atoms with Gasteiger partial charge in [0, 0.05) is 11.5 Å². The Labute approximate surface area is 136 Å². The monoisotopic (exact) mass is 297 g/mol. The molecule has 0 saturated carbocycles. The van der Waals surface area contributed by atoms with Crippen molar-refractivity contribution in [1.29, 1.82) is 0 Å². The molecule has 0 radical (unpaired) electrons. The number of piperidine rings is 1. The Hall–Kier alpha value is -1.08. The number of hydrogen-bond donors (Lipinski definition) is 1. The van der Waals surface area contributed by atoms with E-state index in [2.05, 4.69) is 57.8 Å². The minimum Gasteiger partial charge on any atom is -0.313 e. The first-order valence-corrected chi connectivity index (χ1v) is 9.01. The zero-order chi connectivity index (χ0) is 15.9. The maximum Gasteiger partial charge on any atom is 0.0142 e. The quantitative estimate of drug-likeness (QED) is 0.803. The molecule has 1 saturated heterocycles. The first-order chi connectivity index (χ1) is 10.5. The van der Waals surface area contributed by atoms with Crippen molar-refractivity contribution in [3.8, 4) is 0 Å². The Morgan fingerprint density at radius 1 is 1.45 bits per heavy atom. The molecule has 0 spiro atoms. The molecule has 3 rings (SSSR count). The highest BCUT2D eigenvalue weighted by molar-refractivity contribution is 5.49. The van der Waals surface area contributed by atoms with Gasteiger partial charge in [-0.05, 0) is 73.2 Å². The molecular weight excluding hydrogens is 266 g/mol. The van der Waals surface area contributed by atoms with Crippen LogP contribution in [0.1, 0.15) is 55.9 Å². The Kier molecular flexibility index (Phi) is 4.20. The summed E-state index contributed by atoms with van der Waals surface area (Å²) in [6.07, 6.45) is 7.03. The maximum absolute atomic E-state index is 4.05. The van der Waals surface area contributed by atoms with Crippen molar-refractivity contribution in [2.75, 3.05) is 6.54 Å². The molecule has 1 aliphatic heterocycles. The molecule has 1 heteroatoms. The average Bonchev–Trinajstić information content (AvgIpc) is 2.50. The van der Waals surface area contributed by atoms with E-state index in [1.165, 1.54) is 24.8 Å². The van der Waals surface area contributed by atoms with Crippen molar-refractivity contribution in [1.82, 2.24) is 5.32 Å². The number of aryl methyl sites for hydroxylation is 1. The summed E-state index contributed by atoms with van der Waals surface area (Å²) >= 11 is 0. The van der Waals surface area contributed by atoms with Crippen molar-refractivity contribution >= 4 is 0 Å². The molecule has 1 aromatic carbocycles. The van der Waals surface area contributed by atoms with Crippen LogP contribution in [0, 0.1) is 18.8 Å². The molecule has 120 valence electrons. The van der Waals surface area contributed by atoms with Gasteiger partial charge in [-0.15, -0.1) is 6.58 Å². The normalized spacial score (nSPS) is 31.5. The lowest BCUT2D eigenvalue weighted by Gasteiger charge is -2.54. The molecule has 0 aromatic heterocycles. The summed E-state index contributed by atoms with van der Waals surface area (Å²) in [6.45, 7) is 14.7. The van der Waals surface area contributed by atoms with Crippen LogP contribution in [0.5, 0.6) is 0 Å². The van der Waals surface area contributed by atoms with E-state index in [4.69, 9.17) is 0 Å². The summed E-state index contributed by atoms with van der Waals surface area (Å²) in [5.41, 5.74) is 6.77. The molecule has 2 aliphatic rings. The first kappa shape index (κ1) is 15.8. The van der Waals surface area contributed by atoms with Gasteiger partial charge in [-0.1, -0.05) is 39.0 Å². The molecule has 1 nitrogen and oxygen atoms in total. The number of rotatable bonds is 4. The lowest BCUT2D eigenvalue weighted by atomic mass is 9.54. The zero-order valence-electron chi connectivity index (χ0n) is 14.7. The fourth-order valence-corrected chi connectivity index (χ4v) is 5.20. The second kappa shape index (κ2) is 5.85. The van der Waals surface area contributed by atoms with Crippen LogP contribution in [0.15, 0.2) is 24.8 Å². The Balaban J connectivity index is 2.21. The van der Waals surface area contributed by atoms with Gasteiger partial charge < -0.3 is 5.32 Å². The Morgan fingerprint density at radius 2 is 2.23 bits per heavy atom. The fraction of sp³-hybridized carbons (Fsp3) is 0.619. The van der Waals surface area contributed by atoms with E-state index in [9.17, 15) is 0 Å². The van der Waals surface area contributed by atoms with E-state index in [0.717, 1.165) is 13.0 Å². The summed E-state index contributed by atoms with van der Waals surface area (Å²) < 4.78 is 0. The molecule has 1 N–H and O–H groups in total. The predicted molar refractivity (Wildman–Crippen MR) is 95.5 cm³/mol. The van der Waals surface area contributed by atoms with E-state index >= 15 is 0 Å². The first-order valence-electron chi connectivity index (χ1n) is 9.01. The van der Waals surface area contributed by atoms with Gasteiger partial charge in [-0.2, -0.15) is 0 Å². The number of benzene rings is 1. The summed E-state index contributed by atoms with van der Waals surface area (Å²) in [5.74, 6) is 1.29. The highest BCUT2D eigenvalue weighted by atomic mass is 15.0. The topological polar surface area (TPSA) is 12.0 Å². The van der Waals surface area contributed by atoms with Gasteiger partial charge >= 0.3 is 0 Å². The van der Waals surface area contributed by atoms with Crippen molar-refractivity contribution in [3.05, 3.63) is 47.0 Å². The second-order valence-corrected chi connectivity index (χ2v) is 7.63. The number of nitrogens with one attached hydrogen (secondary N) is 1. The molecule has 1 aromatic rings.